The van der Waals surface area contributed by atoms with Crippen LogP contribution in [-0.2, 0) is 19.6 Å². The minimum atomic E-state index is -3.30. The van der Waals surface area contributed by atoms with Crippen LogP contribution in [0.25, 0.3) is 0 Å². The quantitative estimate of drug-likeness (QED) is 0.645. The van der Waals surface area contributed by atoms with Crippen molar-refractivity contribution in [2.45, 2.75) is 59.0 Å². The number of hydrogen-bond donors (Lipinski definition) is 2. The van der Waals surface area contributed by atoms with E-state index in [4.69, 9.17) is 4.74 Å². The molecular formula is C21H32FN3O5S. The molecule has 0 radical (unpaired) electrons. The molecule has 10 heteroatoms. The van der Waals surface area contributed by atoms with E-state index in [0.717, 1.165) is 12.5 Å². The molecule has 2 amide bonds. The van der Waals surface area contributed by atoms with Gasteiger partial charge in [-0.2, -0.15) is 0 Å². The molecule has 0 saturated carbocycles. The number of unbranched alkanes of at least 4 members (excludes halogenated alkanes) is 1. The summed E-state index contributed by atoms with van der Waals surface area (Å²) in [5.41, 5.74) is -0.378. The molecule has 174 valence electrons. The maximum absolute atomic E-state index is 13.8. The zero-order chi connectivity index (χ0) is 23.2. The summed E-state index contributed by atoms with van der Waals surface area (Å²) in [6.07, 6.45) is 1.43. The van der Waals surface area contributed by atoms with Crippen molar-refractivity contribution in [3.63, 3.8) is 0 Å². The van der Waals surface area contributed by atoms with Crippen molar-refractivity contribution in [3.8, 4) is 0 Å². The van der Waals surface area contributed by atoms with E-state index in [-0.39, 0.29) is 36.1 Å². The molecule has 8 nitrogen and oxygen atoms in total. The van der Waals surface area contributed by atoms with Gasteiger partial charge in [-0.1, -0.05) is 13.3 Å². The minimum absolute atomic E-state index is 0.114. The van der Waals surface area contributed by atoms with Crippen molar-refractivity contribution < 1.29 is 27.1 Å². The fraction of sp³-hybridized carbons (Fsp3) is 0.619. The molecule has 1 aliphatic rings. The minimum Gasteiger partial charge on any atom is -0.444 e. The number of nitrogens with zero attached hydrogens (tertiary/aromatic N) is 1. The van der Waals surface area contributed by atoms with Gasteiger partial charge in [0.2, 0.25) is 15.9 Å². The van der Waals surface area contributed by atoms with E-state index >= 15 is 0 Å². The highest BCUT2D eigenvalue weighted by molar-refractivity contribution is 7.89. The van der Waals surface area contributed by atoms with E-state index in [1.165, 1.54) is 16.4 Å². The van der Waals surface area contributed by atoms with Crippen LogP contribution in [0.15, 0.2) is 18.2 Å². The van der Waals surface area contributed by atoms with Crippen LogP contribution in [0.5, 0.6) is 0 Å². The van der Waals surface area contributed by atoms with Crippen LogP contribution in [0, 0.1) is 11.7 Å². The second-order valence-electron chi connectivity index (χ2n) is 8.65. The van der Waals surface area contributed by atoms with Crippen LogP contribution >= 0.6 is 0 Å². The van der Waals surface area contributed by atoms with Crippen molar-refractivity contribution in [1.82, 2.24) is 4.31 Å². The predicted molar refractivity (Wildman–Crippen MR) is 118 cm³/mol. The van der Waals surface area contributed by atoms with Crippen LogP contribution in [0.2, 0.25) is 0 Å². The third-order valence-electron chi connectivity index (χ3n) is 4.85. The molecule has 0 aromatic heterocycles. The number of carbonyl (C=O) groups excluding carboxylic acids is 2. The zero-order valence-corrected chi connectivity index (χ0v) is 19.4. The standard InChI is InChI=1S/C21H32FN3O5S/c1-5-6-13-31(28,29)25-11-9-15(10-12-25)19(26)23-18-14-16(22)7-8-17(18)24-20(27)30-21(2,3)4/h7-8,14-15H,5-6,9-13H2,1-4H3,(H,23,26)(H,24,27). The number of nitrogens with one attached hydrogen (secondary N) is 2. The number of benzene rings is 1. The molecule has 0 atom stereocenters. The van der Waals surface area contributed by atoms with Gasteiger partial charge >= 0.3 is 6.09 Å². The zero-order valence-electron chi connectivity index (χ0n) is 18.5. The molecule has 0 aliphatic carbocycles. The Kier molecular flexibility index (Phi) is 8.41. The summed E-state index contributed by atoms with van der Waals surface area (Å²) >= 11 is 0. The highest BCUT2D eigenvalue weighted by Gasteiger charge is 2.31. The highest BCUT2D eigenvalue weighted by Crippen LogP contribution is 2.27. The van der Waals surface area contributed by atoms with Gasteiger partial charge in [0.1, 0.15) is 11.4 Å². The van der Waals surface area contributed by atoms with E-state index in [1.54, 1.807) is 20.8 Å². The number of hydrogen-bond acceptors (Lipinski definition) is 5. The SMILES string of the molecule is CCCCS(=O)(=O)N1CCC(C(=O)Nc2cc(F)ccc2NC(=O)OC(C)(C)C)CC1. The largest absolute Gasteiger partial charge is 0.444 e. The number of amides is 2. The van der Waals surface area contributed by atoms with Gasteiger partial charge in [-0.05, 0) is 58.2 Å². The summed E-state index contributed by atoms with van der Waals surface area (Å²) in [5.74, 6) is -1.20. The van der Waals surface area contributed by atoms with E-state index in [1.807, 2.05) is 6.92 Å². The molecule has 0 spiro atoms. The lowest BCUT2D eigenvalue weighted by molar-refractivity contribution is -0.120. The number of carbonyl (C=O) groups is 2. The second kappa shape index (κ2) is 10.4. The van der Waals surface area contributed by atoms with E-state index in [0.29, 0.717) is 19.3 Å². The molecule has 0 unspecified atom stereocenters. The first-order valence-corrected chi connectivity index (χ1v) is 12.1. The monoisotopic (exact) mass is 457 g/mol. The molecule has 2 N–H and O–H groups in total. The number of ether oxygens (including phenoxy) is 1. The second-order valence-corrected chi connectivity index (χ2v) is 10.7. The Balaban J connectivity index is 2.01. The fourth-order valence-electron chi connectivity index (χ4n) is 3.23. The van der Waals surface area contributed by atoms with E-state index in [2.05, 4.69) is 10.6 Å². The number of rotatable bonds is 7. The molecule has 1 aromatic carbocycles. The van der Waals surface area contributed by atoms with Gasteiger partial charge in [0.15, 0.2) is 0 Å². The Labute approximate surface area is 183 Å². The fourth-order valence-corrected chi connectivity index (χ4v) is 4.91. The van der Waals surface area contributed by atoms with Crippen LogP contribution in [-0.4, -0.2) is 49.2 Å². The van der Waals surface area contributed by atoms with Gasteiger partial charge < -0.3 is 10.1 Å². The lowest BCUT2D eigenvalue weighted by Crippen LogP contribution is -2.42. The lowest BCUT2D eigenvalue weighted by Gasteiger charge is -2.30. The van der Waals surface area contributed by atoms with Gasteiger partial charge in [0, 0.05) is 19.0 Å². The third kappa shape index (κ3) is 7.77. The summed E-state index contributed by atoms with van der Waals surface area (Å²) in [6.45, 7) is 7.63. The average molecular weight is 458 g/mol. The van der Waals surface area contributed by atoms with Crippen LogP contribution in [0.4, 0.5) is 20.6 Å². The Morgan fingerprint density at radius 1 is 1.16 bits per heavy atom. The Morgan fingerprint density at radius 2 is 1.81 bits per heavy atom. The maximum atomic E-state index is 13.8. The topological polar surface area (TPSA) is 105 Å². The van der Waals surface area contributed by atoms with Gasteiger partial charge in [0.05, 0.1) is 17.1 Å². The Morgan fingerprint density at radius 3 is 2.39 bits per heavy atom. The van der Waals surface area contributed by atoms with Crippen LogP contribution in [0.3, 0.4) is 0 Å². The molecule has 31 heavy (non-hydrogen) atoms. The molecule has 1 aliphatic heterocycles. The normalized spacial score (nSPS) is 16.0. The number of halogens is 1. The number of anilines is 2. The van der Waals surface area contributed by atoms with E-state index < -0.39 is 33.5 Å². The van der Waals surface area contributed by atoms with Crippen molar-refractivity contribution in [2.75, 3.05) is 29.5 Å². The van der Waals surface area contributed by atoms with Crippen molar-refractivity contribution in [1.29, 1.82) is 0 Å². The molecule has 0 bridgehead atoms. The number of piperidine rings is 1. The molecule has 1 heterocycles. The van der Waals surface area contributed by atoms with Crippen LogP contribution in [0.1, 0.15) is 53.4 Å². The molecular weight excluding hydrogens is 425 g/mol. The summed E-state index contributed by atoms with van der Waals surface area (Å²) < 4.78 is 45.1. The van der Waals surface area contributed by atoms with Gasteiger partial charge in [-0.3, -0.25) is 10.1 Å². The summed E-state index contributed by atoms with van der Waals surface area (Å²) in [7, 11) is -3.30. The van der Waals surface area contributed by atoms with Crippen LogP contribution < -0.4 is 10.6 Å². The smallest absolute Gasteiger partial charge is 0.412 e. The number of sulfonamides is 1. The van der Waals surface area contributed by atoms with E-state index in [9.17, 15) is 22.4 Å². The Hall–Kier alpha value is -2.20. The highest BCUT2D eigenvalue weighted by atomic mass is 32.2. The maximum Gasteiger partial charge on any atom is 0.412 e. The molecule has 1 fully saturated rings. The first-order valence-electron chi connectivity index (χ1n) is 10.5. The van der Waals surface area contributed by atoms with Gasteiger partial charge in [0.25, 0.3) is 0 Å². The Bertz CT molecular complexity index is 891. The first-order chi connectivity index (χ1) is 14.4. The van der Waals surface area contributed by atoms with Gasteiger partial charge in [-0.15, -0.1) is 0 Å². The molecule has 1 saturated heterocycles. The molecule has 2 rings (SSSR count). The predicted octanol–water partition coefficient (Wildman–Crippen LogP) is 3.95. The molecule has 1 aromatic rings. The van der Waals surface area contributed by atoms with Crippen molar-refractivity contribution >= 4 is 33.4 Å². The average Bonchev–Trinajstić information content (AvgIpc) is 2.67. The third-order valence-corrected chi connectivity index (χ3v) is 6.81. The summed E-state index contributed by atoms with van der Waals surface area (Å²) in [4.78, 5) is 24.8. The van der Waals surface area contributed by atoms with Crippen molar-refractivity contribution in [2.24, 2.45) is 5.92 Å². The van der Waals surface area contributed by atoms with Gasteiger partial charge in [-0.25, -0.2) is 21.9 Å². The summed E-state index contributed by atoms with van der Waals surface area (Å²) in [6, 6.07) is 3.63. The summed E-state index contributed by atoms with van der Waals surface area (Å²) in [5, 5.41) is 5.18. The first kappa shape index (κ1) is 25.1. The van der Waals surface area contributed by atoms with Crippen molar-refractivity contribution in [3.05, 3.63) is 24.0 Å². The lowest BCUT2D eigenvalue weighted by atomic mass is 9.97.